The van der Waals surface area contributed by atoms with Crippen LogP contribution in [0.1, 0.15) is 28.0 Å². The lowest BCUT2D eigenvalue weighted by atomic mass is 10.2. The number of rotatable bonds is 6. The zero-order valence-corrected chi connectivity index (χ0v) is 15.2. The van der Waals surface area contributed by atoms with Gasteiger partial charge in [0.15, 0.2) is 6.10 Å². The number of aryl methyl sites for hydroxylation is 1. The van der Waals surface area contributed by atoms with E-state index in [1.165, 1.54) is 24.5 Å². The summed E-state index contributed by atoms with van der Waals surface area (Å²) in [5, 5.41) is 3.41. The summed E-state index contributed by atoms with van der Waals surface area (Å²) < 4.78 is 10.4. The molecule has 0 radical (unpaired) electrons. The molecule has 0 saturated heterocycles. The van der Waals surface area contributed by atoms with Crippen molar-refractivity contribution in [1.82, 2.24) is 10.3 Å². The average molecular weight is 370 g/mol. The van der Waals surface area contributed by atoms with Gasteiger partial charge in [-0.3, -0.25) is 4.79 Å². The molecule has 26 heavy (non-hydrogen) atoms. The van der Waals surface area contributed by atoms with E-state index in [4.69, 9.17) is 9.15 Å². The highest BCUT2D eigenvalue weighted by atomic mass is 32.1. The number of thiazole rings is 1. The number of furan rings is 1. The number of benzene rings is 1. The number of hydrogen-bond acceptors (Lipinski definition) is 6. The molecule has 0 bridgehead atoms. The number of carbonyl (C=O) groups is 2. The van der Waals surface area contributed by atoms with Crippen LogP contribution in [0.5, 0.6) is 0 Å². The summed E-state index contributed by atoms with van der Waals surface area (Å²) in [6, 6.07) is 13.1. The first kappa shape index (κ1) is 17.9. The van der Waals surface area contributed by atoms with Gasteiger partial charge in [-0.2, -0.15) is 0 Å². The number of hydrogen-bond donors (Lipinski definition) is 1. The monoisotopic (exact) mass is 370 g/mol. The third-order valence-electron chi connectivity index (χ3n) is 3.67. The normalized spacial score (nSPS) is 11.8. The second kappa shape index (κ2) is 7.97. The molecule has 0 aliphatic carbocycles. The quantitative estimate of drug-likeness (QED) is 0.671. The highest BCUT2D eigenvalue weighted by Crippen LogP contribution is 2.28. The minimum atomic E-state index is -0.917. The van der Waals surface area contributed by atoms with Crippen molar-refractivity contribution >= 4 is 23.2 Å². The molecule has 0 fully saturated rings. The summed E-state index contributed by atoms with van der Waals surface area (Å²) in [6.07, 6.45) is 0.612. The number of nitrogens with zero attached hydrogens (tertiary/aromatic N) is 1. The Kier molecular flexibility index (Phi) is 5.48. The van der Waals surface area contributed by atoms with Crippen molar-refractivity contribution in [3.8, 4) is 10.6 Å². The molecule has 0 aliphatic heterocycles. The van der Waals surface area contributed by atoms with Crippen molar-refractivity contribution in [3.63, 3.8) is 0 Å². The smallest absolute Gasteiger partial charge is 0.351 e. The van der Waals surface area contributed by atoms with E-state index in [1.807, 2.05) is 30.3 Å². The van der Waals surface area contributed by atoms with Crippen LogP contribution in [0, 0.1) is 6.92 Å². The van der Waals surface area contributed by atoms with Crippen LogP contribution in [-0.2, 0) is 16.1 Å². The van der Waals surface area contributed by atoms with Gasteiger partial charge in [0.05, 0.1) is 18.5 Å². The number of aromatic nitrogens is 1. The molecule has 1 atom stereocenters. The molecule has 134 valence electrons. The fraction of sp³-hybridized carbons (Fsp3) is 0.211. The van der Waals surface area contributed by atoms with Gasteiger partial charge in [0.1, 0.15) is 15.6 Å². The van der Waals surface area contributed by atoms with Crippen molar-refractivity contribution < 1.29 is 18.7 Å². The molecular formula is C19H18N2O4S. The Morgan fingerprint density at radius 1 is 1.23 bits per heavy atom. The Balaban J connectivity index is 1.62. The maximum Gasteiger partial charge on any atom is 0.351 e. The highest BCUT2D eigenvalue weighted by molar-refractivity contribution is 7.17. The third-order valence-corrected chi connectivity index (χ3v) is 4.86. The summed E-state index contributed by atoms with van der Waals surface area (Å²) in [5.74, 6) is -0.314. The van der Waals surface area contributed by atoms with E-state index in [0.717, 1.165) is 10.6 Å². The second-order valence-corrected chi connectivity index (χ2v) is 6.64. The first-order chi connectivity index (χ1) is 12.5. The standard InChI is InChI=1S/C19H18N2O4S/c1-12-16(26-18(21-12)14-7-4-3-5-8-14)19(23)25-13(2)17(22)20-11-15-9-6-10-24-15/h3-10,13H,11H2,1-2H3,(H,20,22)/t13-/m1/s1. The fourth-order valence-corrected chi connectivity index (χ4v) is 3.24. The fourth-order valence-electron chi connectivity index (χ4n) is 2.29. The van der Waals surface area contributed by atoms with Crippen LogP contribution >= 0.6 is 11.3 Å². The molecule has 3 rings (SSSR count). The first-order valence-corrected chi connectivity index (χ1v) is 8.90. The molecule has 2 heterocycles. The predicted molar refractivity (Wildman–Crippen MR) is 97.7 cm³/mol. The molecule has 1 amide bonds. The van der Waals surface area contributed by atoms with Crippen LogP contribution in [0.2, 0.25) is 0 Å². The van der Waals surface area contributed by atoms with Crippen LogP contribution in [0.15, 0.2) is 53.1 Å². The Labute approximate surface area is 154 Å². The number of amides is 1. The third kappa shape index (κ3) is 4.18. The van der Waals surface area contributed by atoms with Gasteiger partial charge in [0, 0.05) is 5.56 Å². The topological polar surface area (TPSA) is 81.4 Å². The lowest BCUT2D eigenvalue weighted by Gasteiger charge is -2.12. The summed E-state index contributed by atoms with van der Waals surface area (Å²) in [5.41, 5.74) is 1.52. The van der Waals surface area contributed by atoms with E-state index in [-0.39, 0.29) is 12.5 Å². The molecule has 2 aromatic heterocycles. The van der Waals surface area contributed by atoms with Crippen LogP contribution in [0.3, 0.4) is 0 Å². The van der Waals surface area contributed by atoms with E-state index in [2.05, 4.69) is 10.3 Å². The molecule has 6 nitrogen and oxygen atoms in total. The van der Waals surface area contributed by atoms with Crippen molar-refractivity contribution in [2.24, 2.45) is 0 Å². The van der Waals surface area contributed by atoms with E-state index in [1.54, 1.807) is 19.1 Å². The average Bonchev–Trinajstić information content (AvgIpc) is 3.29. The lowest BCUT2D eigenvalue weighted by Crippen LogP contribution is -2.35. The Morgan fingerprint density at radius 3 is 2.69 bits per heavy atom. The Bertz CT molecular complexity index is 888. The van der Waals surface area contributed by atoms with Crippen LogP contribution in [-0.4, -0.2) is 23.0 Å². The van der Waals surface area contributed by atoms with Gasteiger partial charge in [0.2, 0.25) is 0 Å². The molecule has 3 aromatic rings. The summed E-state index contributed by atoms with van der Waals surface area (Å²) in [7, 11) is 0. The minimum Gasteiger partial charge on any atom is -0.467 e. The van der Waals surface area contributed by atoms with Gasteiger partial charge in [-0.1, -0.05) is 30.3 Å². The zero-order valence-electron chi connectivity index (χ0n) is 14.4. The second-order valence-electron chi connectivity index (χ2n) is 5.64. The lowest BCUT2D eigenvalue weighted by molar-refractivity contribution is -0.129. The SMILES string of the molecule is Cc1nc(-c2ccccc2)sc1C(=O)O[C@H](C)C(=O)NCc1ccco1. The van der Waals surface area contributed by atoms with Gasteiger partial charge in [-0.05, 0) is 26.0 Å². The number of ether oxygens (including phenoxy) is 1. The molecule has 1 aromatic carbocycles. The number of carbonyl (C=O) groups excluding carboxylic acids is 2. The van der Waals surface area contributed by atoms with E-state index >= 15 is 0 Å². The van der Waals surface area contributed by atoms with Crippen LogP contribution in [0.4, 0.5) is 0 Å². The van der Waals surface area contributed by atoms with Crippen molar-refractivity contribution in [1.29, 1.82) is 0 Å². The van der Waals surface area contributed by atoms with Crippen molar-refractivity contribution in [3.05, 3.63) is 65.1 Å². The summed E-state index contributed by atoms with van der Waals surface area (Å²) in [4.78, 5) is 29.3. The highest BCUT2D eigenvalue weighted by Gasteiger charge is 2.23. The maximum absolute atomic E-state index is 12.4. The number of esters is 1. The van der Waals surface area contributed by atoms with E-state index in [9.17, 15) is 9.59 Å². The molecular weight excluding hydrogens is 352 g/mol. The molecule has 7 heteroatoms. The van der Waals surface area contributed by atoms with Gasteiger partial charge in [-0.15, -0.1) is 11.3 Å². The Morgan fingerprint density at radius 2 is 2.00 bits per heavy atom. The van der Waals surface area contributed by atoms with Gasteiger partial charge < -0.3 is 14.5 Å². The minimum absolute atomic E-state index is 0.242. The molecule has 1 N–H and O–H groups in total. The van der Waals surface area contributed by atoms with Gasteiger partial charge >= 0.3 is 5.97 Å². The Hall–Kier alpha value is -2.93. The maximum atomic E-state index is 12.4. The van der Waals surface area contributed by atoms with Crippen molar-refractivity contribution in [2.75, 3.05) is 0 Å². The predicted octanol–water partition coefficient (Wildman–Crippen LogP) is 3.57. The molecule has 0 unspecified atom stereocenters. The largest absolute Gasteiger partial charge is 0.467 e. The summed E-state index contributed by atoms with van der Waals surface area (Å²) >= 11 is 1.25. The van der Waals surface area contributed by atoms with E-state index < -0.39 is 12.1 Å². The van der Waals surface area contributed by atoms with Crippen LogP contribution in [0.25, 0.3) is 10.6 Å². The van der Waals surface area contributed by atoms with Gasteiger partial charge in [-0.25, -0.2) is 9.78 Å². The van der Waals surface area contributed by atoms with Gasteiger partial charge in [0.25, 0.3) is 5.91 Å². The van der Waals surface area contributed by atoms with E-state index in [0.29, 0.717) is 16.3 Å². The molecule has 0 aliphatic rings. The first-order valence-electron chi connectivity index (χ1n) is 8.08. The number of nitrogens with one attached hydrogen (secondary N) is 1. The summed E-state index contributed by atoms with van der Waals surface area (Å²) in [6.45, 7) is 3.52. The molecule has 0 spiro atoms. The zero-order chi connectivity index (χ0) is 18.5. The molecule has 0 saturated carbocycles. The van der Waals surface area contributed by atoms with Crippen LogP contribution < -0.4 is 5.32 Å². The van der Waals surface area contributed by atoms with Crippen molar-refractivity contribution in [2.45, 2.75) is 26.5 Å².